The predicted molar refractivity (Wildman–Crippen MR) is 67.7 cm³/mol. The predicted octanol–water partition coefficient (Wildman–Crippen LogP) is 4.49. The molecule has 0 bridgehead atoms. The van der Waals surface area contributed by atoms with Gasteiger partial charge >= 0.3 is 0 Å². The molecule has 0 spiro atoms. The van der Waals surface area contributed by atoms with E-state index in [1.54, 1.807) is 0 Å². The van der Waals surface area contributed by atoms with Crippen LogP contribution in [0.15, 0.2) is 22.4 Å². The Hall–Kier alpha value is -0.470. The van der Waals surface area contributed by atoms with Gasteiger partial charge in [0.05, 0.1) is 0 Å². The van der Waals surface area contributed by atoms with E-state index in [1.165, 1.54) is 26.1 Å². The van der Waals surface area contributed by atoms with Crippen LogP contribution in [0.5, 0.6) is 0 Å². The molecule has 0 aliphatic rings. The van der Waals surface area contributed by atoms with Gasteiger partial charge in [-0.2, -0.15) is 0 Å². The van der Waals surface area contributed by atoms with E-state index in [1.807, 2.05) is 23.1 Å². The Morgan fingerprint density at radius 3 is 2.79 bits per heavy atom. The van der Waals surface area contributed by atoms with Gasteiger partial charge in [-0.3, -0.25) is 0 Å². The van der Waals surface area contributed by atoms with Crippen molar-refractivity contribution in [3.63, 3.8) is 0 Å². The molecule has 0 unspecified atom stereocenters. The zero-order valence-electron chi connectivity index (χ0n) is 8.76. The highest BCUT2D eigenvalue weighted by Crippen LogP contribution is 2.35. The molecule has 0 radical (unpaired) electrons. The van der Waals surface area contributed by atoms with Crippen molar-refractivity contribution in [3.8, 4) is 0 Å². The Morgan fingerprint density at radius 2 is 2.14 bits per heavy atom. The molecule has 0 N–H and O–H groups in total. The molecular formula is C12H14S2. The molecule has 1 heterocycles. The third-order valence-electron chi connectivity index (χ3n) is 2.47. The van der Waals surface area contributed by atoms with Crippen molar-refractivity contribution in [1.82, 2.24) is 0 Å². The number of hydrogen-bond acceptors (Lipinski definition) is 2. The highest BCUT2D eigenvalue weighted by Gasteiger charge is 2.07. The van der Waals surface area contributed by atoms with Crippen molar-refractivity contribution in [2.75, 3.05) is 6.26 Å². The molecule has 0 amide bonds. The van der Waals surface area contributed by atoms with Crippen molar-refractivity contribution < 1.29 is 0 Å². The van der Waals surface area contributed by atoms with Crippen LogP contribution in [-0.2, 0) is 6.42 Å². The zero-order valence-corrected chi connectivity index (χ0v) is 10.4. The van der Waals surface area contributed by atoms with Crippen molar-refractivity contribution in [2.24, 2.45) is 0 Å². The van der Waals surface area contributed by atoms with Crippen LogP contribution in [0.2, 0.25) is 0 Å². The molecule has 1 aromatic carbocycles. The van der Waals surface area contributed by atoms with Crippen molar-refractivity contribution in [3.05, 3.63) is 28.6 Å². The first-order chi connectivity index (χ1) is 6.76. The monoisotopic (exact) mass is 222 g/mol. The van der Waals surface area contributed by atoms with Gasteiger partial charge < -0.3 is 0 Å². The Labute approximate surface area is 93.3 Å². The van der Waals surface area contributed by atoms with Crippen LogP contribution < -0.4 is 0 Å². The zero-order chi connectivity index (χ0) is 10.1. The average Bonchev–Trinajstić information content (AvgIpc) is 2.59. The van der Waals surface area contributed by atoms with Gasteiger partial charge in [0.25, 0.3) is 0 Å². The van der Waals surface area contributed by atoms with Crippen LogP contribution in [0.25, 0.3) is 10.1 Å². The van der Waals surface area contributed by atoms with Crippen LogP contribution in [0.1, 0.15) is 18.1 Å². The number of rotatable bonds is 2. The van der Waals surface area contributed by atoms with E-state index in [-0.39, 0.29) is 0 Å². The molecule has 1 aromatic heterocycles. The van der Waals surface area contributed by atoms with Crippen molar-refractivity contribution in [2.45, 2.75) is 25.2 Å². The summed E-state index contributed by atoms with van der Waals surface area (Å²) in [6.45, 7) is 4.41. The summed E-state index contributed by atoms with van der Waals surface area (Å²) in [5.41, 5.74) is 2.87. The van der Waals surface area contributed by atoms with Crippen LogP contribution in [0.3, 0.4) is 0 Å². The molecular weight excluding hydrogens is 208 g/mol. The maximum atomic E-state index is 2.31. The van der Waals surface area contributed by atoms with Crippen molar-refractivity contribution >= 4 is 33.2 Å². The summed E-state index contributed by atoms with van der Waals surface area (Å²) in [6.07, 6.45) is 3.28. The summed E-state index contributed by atoms with van der Waals surface area (Å²) in [5, 5.41) is 3.75. The minimum absolute atomic E-state index is 1.13. The van der Waals surface area contributed by atoms with Gasteiger partial charge in [-0.15, -0.1) is 23.1 Å². The molecule has 0 aliphatic carbocycles. The molecule has 0 saturated carbocycles. The SMILES string of the molecule is CCc1cc(C)cc2scc(SC)c12. The summed E-state index contributed by atoms with van der Waals surface area (Å²) in [5.74, 6) is 0. The lowest BCUT2D eigenvalue weighted by molar-refractivity contribution is 1.15. The third kappa shape index (κ3) is 1.57. The quantitative estimate of drug-likeness (QED) is 0.674. The van der Waals surface area contributed by atoms with Gasteiger partial charge in [-0.05, 0) is 36.8 Å². The first-order valence-corrected chi connectivity index (χ1v) is 6.91. The molecule has 14 heavy (non-hydrogen) atoms. The van der Waals surface area contributed by atoms with Crippen LogP contribution >= 0.6 is 23.1 Å². The fourth-order valence-corrected chi connectivity index (χ4v) is 3.81. The van der Waals surface area contributed by atoms with Gasteiger partial charge in [0.1, 0.15) is 0 Å². The average molecular weight is 222 g/mol. The number of hydrogen-bond donors (Lipinski definition) is 0. The minimum Gasteiger partial charge on any atom is -0.143 e. The minimum atomic E-state index is 1.13. The molecule has 0 aliphatic heterocycles. The standard InChI is InChI=1S/C12H14S2/c1-4-9-5-8(2)6-10-12(9)11(13-3)7-14-10/h5-7H,4H2,1-3H3. The number of thioether (sulfide) groups is 1. The molecule has 74 valence electrons. The lowest BCUT2D eigenvalue weighted by Crippen LogP contribution is -1.84. The highest BCUT2D eigenvalue weighted by molar-refractivity contribution is 7.99. The second-order valence-electron chi connectivity index (χ2n) is 3.45. The lowest BCUT2D eigenvalue weighted by atomic mass is 10.1. The van der Waals surface area contributed by atoms with Gasteiger partial charge in [-0.25, -0.2) is 0 Å². The fourth-order valence-electron chi connectivity index (χ4n) is 1.80. The summed E-state index contributed by atoms with van der Waals surface area (Å²) in [6, 6.07) is 4.60. The summed E-state index contributed by atoms with van der Waals surface area (Å²) < 4.78 is 1.44. The summed E-state index contributed by atoms with van der Waals surface area (Å²) in [7, 11) is 0. The van der Waals surface area contributed by atoms with E-state index in [9.17, 15) is 0 Å². The third-order valence-corrected chi connectivity index (χ3v) is 4.31. The molecule has 0 atom stereocenters. The van der Waals surface area contributed by atoms with E-state index in [4.69, 9.17) is 0 Å². The van der Waals surface area contributed by atoms with Crippen LogP contribution in [-0.4, -0.2) is 6.26 Å². The van der Waals surface area contributed by atoms with Gasteiger partial charge in [0.15, 0.2) is 0 Å². The lowest BCUT2D eigenvalue weighted by Gasteiger charge is -2.04. The first-order valence-electron chi connectivity index (χ1n) is 4.81. The van der Waals surface area contributed by atoms with Gasteiger partial charge in [-0.1, -0.05) is 13.0 Å². The maximum Gasteiger partial charge on any atom is 0.0359 e. The Bertz CT molecular complexity index is 455. The number of thiophene rings is 1. The number of benzene rings is 1. The maximum absolute atomic E-state index is 2.31. The molecule has 0 nitrogen and oxygen atoms in total. The molecule has 2 aromatic rings. The largest absolute Gasteiger partial charge is 0.143 e. The molecule has 0 saturated heterocycles. The first kappa shape index (κ1) is 10.1. The number of aryl methyl sites for hydroxylation is 2. The Kier molecular flexibility index (Phi) is 2.84. The number of fused-ring (bicyclic) bond motifs is 1. The second kappa shape index (κ2) is 3.95. The normalized spacial score (nSPS) is 11.1. The van der Waals surface area contributed by atoms with E-state index in [0.717, 1.165) is 6.42 Å². The van der Waals surface area contributed by atoms with Crippen LogP contribution in [0, 0.1) is 6.92 Å². The topological polar surface area (TPSA) is 0 Å². The summed E-state index contributed by atoms with van der Waals surface area (Å²) in [4.78, 5) is 1.43. The van der Waals surface area contributed by atoms with Crippen molar-refractivity contribution in [1.29, 1.82) is 0 Å². The summed E-state index contributed by atoms with van der Waals surface area (Å²) >= 11 is 3.71. The van der Waals surface area contributed by atoms with Gasteiger partial charge in [0.2, 0.25) is 0 Å². The Morgan fingerprint density at radius 1 is 1.36 bits per heavy atom. The fraction of sp³-hybridized carbons (Fsp3) is 0.333. The van der Waals surface area contributed by atoms with E-state index in [0.29, 0.717) is 0 Å². The Balaban J connectivity index is 2.78. The molecule has 2 rings (SSSR count). The second-order valence-corrected chi connectivity index (χ2v) is 5.21. The van der Waals surface area contributed by atoms with E-state index >= 15 is 0 Å². The smallest absolute Gasteiger partial charge is 0.0359 e. The molecule has 0 fully saturated rings. The highest BCUT2D eigenvalue weighted by atomic mass is 32.2. The van der Waals surface area contributed by atoms with Crippen LogP contribution in [0.4, 0.5) is 0 Å². The molecule has 2 heteroatoms. The van der Waals surface area contributed by atoms with Gasteiger partial charge in [0, 0.05) is 20.4 Å². The van der Waals surface area contributed by atoms with E-state index in [2.05, 4.69) is 37.6 Å². The van der Waals surface area contributed by atoms with E-state index < -0.39 is 0 Å².